The van der Waals surface area contributed by atoms with Gasteiger partial charge >= 0.3 is 0 Å². The topological polar surface area (TPSA) is 74.4 Å². The molecule has 4 rings (SSSR count). The van der Waals surface area contributed by atoms with Crippen molar-refractivity contribution in [3.05, 3.63) is 48.4 Å². The minimum absolute atomic E-state index is 0.133. The number of nitrogens with zero attached hydrogens (tertiary/aromatic N) is 1. The number of aromatic nitrogens is 1. The van der Waals surface area contributed by atoms with Gasteiger partial charge in [0.2, 0.25) is 9.84 Å². The highest BCUT2D eigenvalue weighted by atomic mass is 32.2. The number of nitrogens with one attached hydrogen (secondary N) is 2. The lowest BCUT2D eigenvalue weighted by Gasteiger charge is -2.30. The van der Waals surface area contributed by atoms with E-state index in [-0.39, 0.29) is 9.79 Å². The maximum absolute atomic E-state index is 13.4. The number of fused-ring (bicyclic) bond motifs is 1. The molecule has 0 radical (unpaired) electrons. The third kappa shape index (κ3) is 3.15. The summed E-state index contributed by atoms with van der Waals surface area (Å²) in [5.41, 5.74) is 1.20. The molecule has 1 aliphatic rings. The van der Waals surface area contributed by atoms with Crippen LogP contribution in [0.1, 0.15) is 0 Å². The molecule has 0 amide bonds. The van der Waals surface area contributed by atoms with Gasteiger partial charge in [-0.15, -0.1) is 0 Å². The maximum atomic E-state index is 13.4. The molecule has 2 N–H and O–H groups in total. The third-order valence-corrected chi connectivity index (χ3v) is 6.60. The standard InChI is InChI=1S/C19H20FN3O3S/c1-26-18-5-3-14(11-17(18)23-8-6-21-7-9-23)27(24,25)19-12-22-16-10-13(20)2-4-15(16)19/h2-5,10-12,21-22H,6-9H2,1H3. The molecule has 1 aromatic heterocycles. The summed E-state index contributed by atoms with van der Waals surface area (Å²) in [6.45, 7) is 3.20. The zero-order valence-corrected chi connectivity index (χ0v) is 15.6. The van der Waals surface area contributed by atoms with Gasteiger partial charge in [0.15, 0.2) is 0 Å². The van der Waals surface area contributed by atoms with Crippen molar-refractivity contribution in [2.75, 3.05) is 38.2 Å². The number of anilines is 1. The molecular weight excluding hydrogens is 369 g/mol. The SMILES string of the molecule is COc1ccc(S(=O)(=O)c2c[nH]c3cc(F)ccc23)cc1N1CCNCC1. The van der Waals surface area contributed by atoms with Crippen molar-refractivity contribution in [2.45, 2.75) is 9.79 Å². The van der Waals surface area contributed by atoms with Crippen molar-refractivity contribution < 1.29 is 17.5 Å². The average Bonchev–Trinajstić information content (AvgIpc) is 3.12. The van der Waals surface area contributed by atoms with Crippen molar-refractivity contribution in [1.82, 2.24) is 10.3 Å². The number of benzene rings is 2. The summed E-state index contributed by atoms with van der Waals surface area (Å²) >= 11 is 0. The first kappa shape index (κ1) is 17.8. The first-order valence-corrected chi connectivity index (χ1v) is 10.1. The number of rotatable bonds is 4. The Bertz CT molecular complexity index is 1090. The summed E-state index contributed by atoms with van der Waals surface area (Å²) in [5.74, 6) is 0.218. The molecule has 0 bridgehead atoms. The van der Waals surface area contributed by atoms with Crippen LogP contribution in [0.25, 0.3) is 10.9 Å². The lowest BCUT2D eigenvalue weighted by molar-refractivity contribution is 0.412. The van der Waals surface area contributed by atoms with Gasteiger partial charge in [0.1, 0.15) is 11.6 Å². The Hall–Kier alpha value is -2.58. The normalized spacial score (nSPS) is 15.3. The summed E-state index contributed by atoms with van der Waals surface area (Å²) in [4.78, 5) is 5.27. The Labute approximate surface area is 156 Å². The van der Waals surface area contributed by atoms with E-state index < -0.39 is 15.7 Å². The number of aromatic amines is 1. The fraction of sp³-hybridized carbons (Fsp3) is 0.263. The number of sulfone groups is 1. The number of H-pyrrole nitrogens is 1. The molecule has 8 heteroatoms. The van der Waals surface area contributed by atoms with E-state index >= 15 is 0 Å². The first-order valence-electron chi connectivity index (χ1n) is 8.66. The van der Waals surface area contributed by atoms with Gasteiger partial charge in [-0.25, -0.2) is 12.8 Å². The second kappa shape index (κ2) is 6.86. The molecule has 0 aliphatic carbocycles. The van der Waals surface area contributed by atoms with Gasteiger partial charge in [0.25, 0.3) is 0 Å². The zero-order valence-electron chi connectivity index (χ0n) is 14.8. The van der Waals surface area contributed by atoms with Crippen LogP contribution >= 0.6 is 0 Å². The Morgan fingerprint density at radius 1 is 1.11 bits per heavy atom. The Balaban J connectivity index is 1.81. The Morgan fingerprint density at radius 2 is 1.89 bits per heavy atom. The zero-order chi connectivity index (χ0) is 19.0. The number of methoxy groups -OCH3 is 1. The van der Waals surface area contributed by atoms with E-state index in [4.69, 9.17) is 4.74 Å². The van der Waals surface area contributed by atoms with Gasteiger partial charge in [-0.1, -0.05) is 0 Å². The molecule has 1 saturated heterocycles. The Morgan fingerprint density at radius 3 is 2.63 bits per heavy atom. The van der Waals surface area contributed by atoms with E-state index in [1.54, 1.807) is 25.3 Å². The smallest absolute Gasteiger partial charge is 0.208 e. The Kier molecular flexibility index (Phi) is 4.53. The molecule has 2 aromatic carbocycles. The maximum Gasteiger partial charge on any atom is 0.208 e. The summed E-state index contributed by atoms with van der Waals surface area (Å²) < 4.78 is 45.3. The van der Waals surface area contributed by atoms with Crippen LogP contribution in [0, 0.1) is 5.82 Å². The van der Waals surface area contributed by atoms with Crippen molar-refractivity contribution in [2.24, 2.45) is 0 Å². The highest BCUT2D eigenvalue weighted by Gasteiger charge is 2.25. The molecule has 0 spiro atoms. The minimum atomic E-state index is -3.77. The van der Waals surface area contributed by atoms with Crippen LogP contribution in [-0.2, 0) is 9.84 Å². The molecule has 1 fully saturated rings. The fourth-order valence-corrected chi connectivity index (χ4v) is 4.86. The van der Waals surface area contributed by atoms with E-state index in [1.165, 1.54) is 24.4 Å². The summed E-state index contributed by atoms with van der Waals surface area (Å²) in [6, 6.07) is 8.90. The predicted molar refractivity (Wildman–Crippen MR) is 102 cm³/mol. The number of ether oxygens (including phenoxy) is 1. The molecular formula is C19H20FN3O3S. The second-order valence-corrected chi connectivity index (χ2v) is 8.34. The second-order valence-electron chi connectivity index (χ2n) is 6.42. The third-order valence-electron chi connectivity index (χ3n) is 4.81. The minimum Gasteiger partial charge on any atom is -0.495 e. The summed E-state index contributed by atoms with van der Waals surface area (Å²) in [5, 5.41) is 3.75. The van der Waals surface area contributed by atoms with Gasteiger partial charge in [-0.05, 0) is 36.4 Å². The number of hydrogen-bond acceptors (Lipinski definition) is 5. The monoisotopic (exact) mass is 389 g/mol. The highest BCUT2D eigenvalue weighted by molar-refractivity contribution is 7.91. The highest BCUT2D eigenvalue weighted by Crippen LogP contribution is 2.35. The predicted octanol–water partition coefficient (Wildman–Crippen LogP) is 2.56. The lowest BCUT2D eigenvalue weighted by Crippen LogP contribution is -2.43. The van der Waals surface area contributed by atoms with Crippen LogP contribution in [0.4, 0.5) is 10.1 Å². The average molecular weight is 389 g/mol. The van der Waals surface area contributed by atoms with Crippen molar-refractivity contribution in [1.29, 1.82) is 0 Å². The van der Waals surface area contributed by atoms with E-state index in [0.717, 1.165) is 31.9 Å². The van der Waals surface area contributed by atoms with Gasteiger partial charge in [0, 0.05) is 43.3 Å². The van der Waals surface area contributed by atoms with Crippen molar-refractivity contribution in [3.63, 3.8) is 0 Å². The number of hydrogen-bond donors (Lipinski definition) is 2. The molecule has 2 heterocycles. The number of piperazine rings is 1. The van der Waals surface area contributed by atoms with Crippen LogP contribution in [-0.4, -0.2) is 46.7 Å². The summed E-state index contributed by atoms with van der Waals surface area (Å²) in [7, 11) is -2.20. The van der Waals surface area contributed by atoms with Crippen molar-refractivity contribution >= 4 is 26.4 Å². The molecule has 1 aliphatic heterocycles. The van der Waals surface area contributed by atoms with Gasteiger partial charge < -0.3 is 19.9 Å². The quantitative estimate of drug-likeness (QED) is 0.717. The van der Waals surface area contributed by atoms with Crippen LogP contribution in [0.15, 0.2) is 52.4 Å². The van der Waals surface area contributed by atoms with E-state index in [0.29, 0.717) is 16.7 Å². The van der Waals surface area contributed by atoms with E-state index in [2.05, 4.69) is 15.2 Å². The molecule has 27 heavy (non-hydrogen) atoms. The molecule has 6 nitrogen and oxygen atoms in total. The van der Waals surface area contributed by atoms with Gasteiger partial charge in [-0.2, -0.15) is 0 Å². The van der Waals surface area contributed by atoms with Crippen LogP contribution in [0.3, 0.4) is 0 Å². The summed E-state index contributed by atoms with van der Waals surface area (Å²) in [6.07, 6.45) is 1.41. The first-order chi connectivity index (χ1) is 13.0. The molecule has 3 aromatic rings. The van der Waals surface area contributed by atoms with Crippen LogP contribution in [0.2, 0.25) is 0 Å². The van der Waals surface area contributed by atoms with E-state index in [1.807, 2.05) is 0 Å². The van der Waals surface area contributed by atoms with Crippen LogP contribution < -0.4 is 15.0 Å². The van der Waals surface area contributed by atoms with Crippen molar-refractivity contribution in [3.8, 4) is 5.75 Å². The largest absolute Gasteiger partial charge is 0.495 e. The fourth-order valence-electron chi connectivity index (χ4n) is 3.41. The van der Waals surface area contributed by atoms with Gasteiger partial charge in [0.05, 0.1) is 22.6 Å². The van der Waals surface area contributed by atoms with Gasteiger partial charge in [-0.3, -0.25) is 0 Å². The number of halogens is 1. The molecule has 142 valence electrons. The van der Waals surface area contributed by atoms with E-state index in [9.17, 15) is 12.8 Å². The van der Waals surface area contributed by atoms with Crippen LogP contribution in [0.5, 0.6) is 5.75 Å². The molecule has 0 atom stereocenters. The molecule has 0 saturated carbocycles. The lowest BCUT2D eigenvalue weighted by atomic mass is 10.2. The molecule has 0 unspecified atom stereocenters.